The van der Waals surface area contributed by atoms with E-state index < -0.39 is 17.6 Å². The SMILES string of the molecule is NC(=O)C(c1cccnc1)c1ccc(C2=CCC3(CC2)OCCO3)nc1NCCc1cccc(F)c1. The first kappa shape index (κ1) is 24.1. The fourth-order valence-corrected chi connectivity index (χ4v) is 4.88. The van der Waals surface area contributed by atoms with Gasteiger partial charge in [0, 0.05) is 37.3 Å². The van der Waals surface area contributed by atoms with E-state index in [0.29, 0.717) is 49.5 Å². The molecule has 1 unspecified atom stereocenters. The van der Waals surface area contributed by atoms with Crippen LogP contribution in [0.3, 0.4) is 0 Å². The summed E-state index contributed by atoms with van der Waals surface area (Å²) in [4.78, 5) is 21.7. The molecule has 8 heteroatoms. The monoisotopic (exact) mass is 488 g/mol. The van der Waals surface area contributed by atoms with Crippen molar-refractivity contribution in [2.45, 2.75) is 37.4 Å². The molecule has 5 rings (SSSR count). The van der Waals surface area contributed by atoms with Crippen molar-refractivity contribution in [3.63, 3.8) is 0 Å². The Morgan fingerprint density at radius 2 is 2.03 bits per heavy atom. The van der Waals surface area contributed by atoms with E-state index in [9.17, 15) is 9.18 Å². The topological polar surface area (TPSA) is 99.4 Å². The molecule has 0 saturated carbocycles. The van der Waals surface area contributed by atoms with Gasteiger partial charge in [-0.05, 0) is 53.8 Å². The Hall–Kier alpha value is -3.62. The second kappa shape index (κ2) is 10.6. The van der Waals surface area contributed by atoms with E-state index in [1.54, 1.807) is 24.5 Å². The second-order valence-electron chi connectivity index (χ2n) is 9.10. The van der Waals surface area contributed by atoms with Gasteiger partial charge in [0.25, 0.3) is 0 Å². The fourth-order valence-electron chi connectivity index (χ4n) is 4.88. The Morgan fingerprint density at radius 1 is 1.17 bits per heavy atom. The van der Waals surface area contributed by atoms with E-state index in [0.717, 1.165) is 29.7 Å². The van der Waals surface area contributed by atoms with Gasteiger partial charge in [-0.2, -0.15) is 0 Å². The summed E-state index contributed by atoms with van der Waals surface area (Å²) in [6.07, 6.45) is 8.23. The van der Waals surface area contributed by atoms with Crippen LogP contribution >= 0.6 is 0 Å². The predicted molar refractivity (Wildman–Crippen MR) is 135 cm³/mol. The maximum absolute atomic E-state index is 13.6. The zero-order chi connectivity index (χ0) is 25.0. The van der Waals surface area contributed by atoms with Crippen LogP contribution in [0.1, 0.15) is 47.6 Å². The number of nitrogens with two attached hydrogens (primary N) is 1. The van der Waals surface area contributed by atoms with Crippen LogP contribution in [0.25, 0.3) is 5.57 Å². The smallest absolute Gasteiger partial charge is 0.229 e. The molecule has 36 heavy (non-hydrogen) atoms. The Balaban J connectivity index is 1.44. The molecule has 1 aliphatic heterocycles. The molecule has 1 fully saturated rings. The molecule has 2 aliphatic rings. The Labute approximate surface area is 209 Å². The number of hydrogen-bond acceptors (Lipinski definition) is 6. The molecule has 7 nitrogen and oxygen atoms in total. The van der Waals surface area contributed by atoms with Crippen LogP contribution in [0, 0.1) is 5.82 Å². The van der Waals surface area contributed by atoms with Crippen molar-refractivity contribution in [1.82, 2.24) is 9.97 Å². The van der Waals surface area contributed by atoms with Gasteiger partial charge in [-0.15, -0.1) is 0 Å². The normalized spacial score (nSPS) is 17.5. The first-order valence-electron chi connectivity index (χ1n) is 12.2. The number of primary amides is 1. The number of benzene rings is 1. The van der Waals surface area contributed by atoms with Gasteiger partial charge in [-0.1, -0.05) is 30.3 Å². The lowest BCUT2D eigenvalue weighted by Crippen LogP contribution is -2.31. The third kappa shape index (κ3) is 5.29. The minimum absolute atomic E-state index is 0.268. The van der Waals surface area contributed by atoms with E-state index in [-0.39, 0.29) is 5.82 Å². The molecule has 1 spiro atoms. The average molecular weight is 489 g/mol. The highest BCUT2D eigenvalue weighted by atomic mass is 19.1. The van der Waals surface area contributed by atoms with Crippen molar-refractivity contribution in [1.29, 1.82) is 0 Å². The number of amides is 1. The zero-order valence-electron chi connectivity index (χ0n) is 20.0. The zero-order valence-corrected chi connectivity index (χ0v) is 20.0. The molecule has 1 aliphatic carbocycles. The molecule has 1 atom stereocenters. The maximum Gasteiger partial charge on any atom is 0.229 e. The van der Waals surface area contributed by atoms with E-state index in [1.807, 2.05) is 24.3 Å². The van der Waals surface area contributed by atoms with Crippen LogP contribution < -0.4 is 11.1 Å². The van der Waals surface area contributed by atoms with Crippen molar-refractivity contribution in [2.75, 3.05) is 25.1 Å². The van der Waals surface area contributed by atoms with Crippen LogP contribution in [-0.4, -0.2) is 41.4 Å². The number of ether oxygens (including phenoxy) is 2. The summed E-state index contributed by atoms with van der Waals surface area (Å²) in [5.41, 5.74) is 10.0. The van der Waals surface area contributed by atoms with Gasteiger partial charge in [-0.25, -0.2) is 9.37 Å². The number of nitrogens with zero attached hydrogens (tertiary/aromatic N) is 2. The molecule has 0 radical (unpaired) electrons. The van der Waals surface area contributed by atoms with Gasteiger partial charge in [0.05, 0.1) is 24.8 Å². The largest absolute Gasteiger partial charge is 0.369 e. The standard InChI is InChI=1S/C28H29FN4O3/c29-22-5-1-3-19(17-22)10-14-32-27-23(25(26(30)34)21-4-2-13-31-18-21)6-7-24(33-27)20-8-11-28(12-9-20)35-15-16-36-28/h1-8,13,17-18,25H,9-12,14-16H2,(H2,30,34)(H,32,33). The highest BCUT2D eigenvalue weighted by Gasteiger charge is 2.38. The molecular formula is C28H29FN4O3. The number of carbonyl (C=O) groups excluding carboxylic acids is 1. The van der Waals surface area contributed by atoms with Gasteiger partial charge in [-0.3, -0.25) is 9.78 Å². The third-order valence-corrected chi connectivity index (χ3v) is 6.71. The lowest BCUT2D eigenvalue weighted by atomic mass is 9.89. The number of carbonyl (C=O) groups is 1. The number of aromatic nitrogens is 2. The van der Waals surface area contributed by atoms with Gasteiger partial charge in [0.1, 0.15) is 11.6 Å². The average Bonchev–Trinajstić information content (AvgIpc) is 3.34. The number of allylic oxidation sites excluding steroid dienone is 1. The van der Waals surface area contributed by atoms with E-state index in [4.69, 9.17) is 20.2 Å². The van der Waals surface area contributed by atoms with Gasteiger partial charge < -0.3 is 20.5 Å². The minimum Gasteiger partial charge on any atom is -0.369 e. The van der Waals surface area contributed by atoms with E-state index in [1.165, 1.54) is 12.1 Å². The summed E-state index contributed by atoms with van der Waals surface area (Å²) in [5, 5.41) is 3.38. The molecule has 186 valence electrons. The van der Waals surface area contributed by atoms with Crippen molar-refractivity contribution in [2.24, 2.45) is 5.73 Å². The van der Waals surface area contributed by atoms with Gasteiger partial charge in [0.2, 0.25) is 5.91 Å². The van der Waals surface area contributed by atoms with Gasteiger partial charge >= 0.3 is 0 Å². The number of anilines is 1. The molecule has 1 amide bonds. The number of rotatable bonds is 8. The molecular weight excluding hydrogens is 459 g/mol. The first-order chi connectivity index (χ1) is 17.5. The summed E-state index contributed by atoms with van der Waals surface area (Å²) >= 11 is 0. The number of pyridine rings is 2. The first-order valence-corrected chi connectivity index (χ1v) is 12.2. The number of hydrogen-bond donors (Lipinski definition) is 2. The van der Waals surface area contributed by atoms with Gasteiger partial charge in [0.15, 0.2) is 5.79 Å². The van der Waals surface area contributed by atoms with Crippen molar-refractivity contribution >= 4 is 17.3 Å². The van der Waals surface area contributed by atoms with E-state index in [2.05, 4.69) is 16.4 Å². The number of halogens is 1. The van der Waals surface area contributed by atoms with Crippen LogP contribution in [0.5, 0.6) is 0 Å². The molecule has 0 bridgehead atoms. The lowest BCUT2D eigenvalue weighted by molar-refractivity contribution is -0.159. The quantitative estimate of drug-likeness (QED) is 0.493. The van der Waals surface area contributed by atoms with Crippen LogP contribution in [0.2, 0.25) is 0 Å². The van der Waals surface area contributed by atoms with Crippen LogP contribution in [-0.2, 0) is 20.7 Å². The highest BCUT2D eigenvalue weighted by molar-refractivity contribution is 5.87. The maximum atomic E-state index is 13.6. The Kier molecular flexibility index (Phi) is 7.06. The number of nitrogens with one attached hydrogen (secondary N) is 1. The Bertz CT molecular complexity index is 1260. The summed E-state index contributed by atoms with van der Waals surface area (Å²) in [7, 11) is 0. The lowest BCUT2D eigenvalue weighted by Gasteiger charge is -2.30. The molecule has 3 heterocycles. The molecule has 1 saturated heterocycles. The summed E-state index contributed by atoms with van der Waals surface area (Å²) in [6.45, 7) is 1.76. The third-order valence-electron chi connectivity index (χ3n) is 6.71. The molecule has 3 aromatic rings. The van der Waals surface area contributed by atoms with Crippen molar-refractivity contribution < 1.29 is 18.7 Å². The fraction of sp³-hybridized carbons (Fsp3) is 0.321. The molecule has 1 aromatic carbocycles. The summed E-state index contributed by atoms with van der Waals surface area (Å²) in [6, 6.07) is 14.0. The Morgan fingerprint density at radius 3 is 2.72 bits per heavy atom. The summed E-state index contributed by atoms with van der Waals surface area (Å²) < 4.78 is 25.3. The predicted octanol–water partition coefficient (Wildman–Crippen LogP) is 4.20. The van der Waals surface area contributed by atoms with Crippen molar-refractivity contribution in [3.8, 4) is 0 Å². The second-order valence-corrected chi connectivity index (χ2v) is 9.10. The molecule has 3 N–H and O–H groups in total. The highest BCUT2D eigenvalue weighted by Crippen LogP contribution is 2.39. The van der Waals surface area contributed by atoms with Crippen LogP contribution in [0.4, 0.5) is 10.2 Å². The van der Waals surface area contributed by atoms with Crippen molar-refractivity contribution in [3.05, 3.63) is 95.2 Å². The summed E-state index contributed by atoms with van der Waals surface area (Å²) in [5.74, 6) is -1.39. The minimum atomic E-state index is -0.708. The van der Waals surface area contributed by atoms with Crippen LogP contribution in [0.15, 0.2) is 67.0 Å². The van der Waals surface area contributed by atoms with E-state index >= 15 is 0 Å². The molecule has 2 aromatic heterocycles.